The Kier molecular flexibility index (Phi) is 7.82. The van der Waals surface area contributed by atoms with Crippen molar-refractivity contribution in [3.05, 3.63) is 28.8 Å². The van der Waals surface area contributed by atoms with E-state index < -0.39 is 34.6 Å². The van der Waals surface area contributed by atoms with Crippen LogP contribution in [-0.2, 0) is 15.8 Å². The smallest absolute Gasteiger partial charge is 0.335 e. The number of hydrogen-bond acceptors (Lipinski definition) is 3. The largest absolute Gasteiger partial charge is 0.417 e. The molecule has 0 radical (unpaired) electrons. The summed E-state index contributed by atoms with van der Waals surface area (Å²) < 4.78 is 38.1. The molecule has 0 aromatic heterocycles. The Balaban J connectivity index is 0.00000484. The van der Waals surface area contributed by atoms with Crippen molar-refractivity contribution >= 4 is 41.5 Å². The summed E-state index contributed by atoms with van der Waals surface area (Å²) in [7, 11) is 1.37. The minimum absolute atomic E-state index is 0. The topological polar surface area (TPSA) is 75.4 Å². The molecule has 1 atom stereocenters. The third-order valence-corrected chi connectivity index (χ3v) is 3.03. The monoisotopic (exact) mass is 373 g/mol. The fourth-order valence-electron chi connectivity index (χ4n) is 1.66. The normalized spacial score (nSPS) is 12.1. The molecule has 1 rings (SSSR count). The van der Waals surface area contributed by atoms with Gasteiger partial charge >= 0.3 is 6.18 Å². The van der Waals surface area contributed by atoms with Crippen LogP contribution in [-0.4, -0.2) is 36.3 Å². The SMILES string of the molecule is C[C@H](N)C(=O)N(C)CC(=O)Nc1ccc(Cl)c(C(F)(F)F)c1.Cl. The van der Waals surface area contributed by atoms with Gasteiger partial charge in [-0.1, -0.05) is 11.6 Å². The number of halogens is 5. The van der Waals surface area contributed by atoms with Gasteiger partial charge in [-0.2, -0.15) is 13.2 Å². The molecule has 1 aromatic rings. The molecule has 23 heavy (non-hydrogen) atoms. The molecule has 1 aromatic carbocycles. The second-order valence-electron chi connectivity index (χ2n) is 4.72. The van der Waals surface area contributed by atoms with E-state index in [2.05, 4.69) is 5.32 Å². The Morgan fingerprint density at radius 1 is 1.39 bits per heavy atom. The van der Waals surface area contributed by atoms with Crippen molar-refractivity contribution in [2.75, 3.05) is 18.9 Å². The highest BCUT2D eigenvalue weighted by atomic mass is 35.5. The van der Waals surface area contributed by atoms with Crippen molar-refractivity contribution in [2.45, 2.75) is 19.1 Å². The van der Waals surface area contributed by atoms with E-state index in [-0.39, 0.29) is 24.6 Å². The standard InChI is InChI=1S/C13H15ClF3N3O2.ClH/c1-7(18)12(22)20(2)6-11(21)19-8-3-4-10(14)9(5-8)13(15,16)17;/h3-5,7H,6,18H2,1-2H3,(H,19,21);1H/t7-;/m0./s1. The average molecular weight is 374 g/mol. The van der Waals surface area contributed by atoms with Gasteiger partial charge in [0.2, 0.25) is 11.8 Å². The van der Waals surface area contributed by atoms with E-state index in [9.17, 15) is 22.8 Å². The Labute approximate surface area is 142 Å². The molecule has 0 unspecified atom stereocenters. The highest BCUT2D eigenvalue weighted by Crippen LogP contribution is 2.36. The first kappa shape index (κ1) is 21.5. The van der Waals surface area contributed by atoms with Crippen molar-refractivity contribution < 1.29 is 22.8 Å². The summed E-state index contributed by atoms with van der Waals surface area (Å²) in [6.07, 6.45) is -4.63. The fourth-order valence-corrected chi connectivity index (χ4v) is 1.89. The zero-order valence-electron chi connectivity index (χ0n) is 12.3. The number of amides is 2. The van der Waals surface area contributed by atoms with Crippen LogP contribution in [0.15, 0.2) is 18.2 Å². The predicted octanol–water partition coefficient (Wildman–Crippen LogP) is 2.52. The summed E-state index contributed by atoms with van der Waals surface area (Å²) in [5, 5.41) is 1.81. The minimum atomic E-state index is -4.63. The van der Waals surface area contributed by atoms with Crippen LogP contribution in [0.4, 0.5) is 18.9 Å². The molecule has 0 aliphatic heterocycles. The van der Waals surface area contributed by atoms with Gasteiger partial charge in [0, 0.05) is 12.7 Å². The summed E-state index contributed by atoms with van der Waals surface area (Å²) in [6, 6.07) is 2.23. The molecule has 0 aliphatic rings. The van der Waals surface area contributed by atoms with Crippen molar-refractivity contribution in [3.8, 4) is 0 Å². The lowest BCUT2D eigenvalue weighted by Crippen LogP contribution is -2.43. The second-order valence-corrected chi connectivity index (χ2v) is 5.13. The number of nitrogens with one attached hydrogen (secondary N) is 1. The van der Waals surface area contributed by atoms with Gasteiger partial charge < -0.3 is 16.0 Å². The van der Waals surface area contributed by atoms with E-state index in [1.165, 1.54) is 20.0 Å². The van der Waals surface area contributed by atoms with Crippen LogP contribution in [0.3, 0.4) is 0 Å². The molecule has 2 amide bonds. The molecule has 0 heterocycles. The molecule has 0 aliphatic carbocycles. The third kappa shape index (κ3) is 6.25. The Morgan fingerprint density at radius 2 is 1.96 bits per heavy atom. The zero-order valence-corrected chi connectivity index (χ0v) is 13.9. The first-order valence-electron chi connectivity index (χ1n) is 6.19. The second kappa shape index (κ2) is 8.37. The fraction of sp³-hybridized carbons (Fsp3) is 0.385. The zero-order chi connectivity index (χ0) is 17.1. The number of rotatable bonds is 4. The van der Waals surface area contributed by atoms with Gasteiger partial charge in [-0.3, -0.25) is 9.59 Å². The van der Waals surface area contributed by atoms with Gasteiger partial charge in [-0.05, 0) is 25.1 Å². The van der Waals surface area contributed by atoms with Gasteiger partial charge in [0.05, 0.1) is 23.2 Å². The summed E-state index contributed by atoms with van der Waals surface area (Å²) in [6.45, 7) is 1.13. The molecular weight excluding hydrogens is 358 g/mol. The van der Waals surface area contributed by atoms with Crippen LogP contribution in [0, 0.1) is 0 Å². The van der Waals surface area contributed by atoms with Crippen LogP contribution in [0.25, 0.3) is 0 Å². The molecule has 0 saturated heterocycles. The molecule has 130 valence electrons. The molecule has 0 saturated carbocycles. The number of carbonyl (C=O) groups is 2. The van der Waals surface area contributed by atoms with E-state index in [1.54, 1.807) is 0 Å². The highest BCUT2D eigenvalue weighted by Gasteiger charge is 2.33. The van der Waals surface area contributed by atoms with Gasteiger partial charge in [0.25, 0.3) is 0 Å². The lowest BCUT2D eigenvalue weighted by atomic mass is 10.2. The third-order valence-electron chi connectivity index (χ3n) is 2.70. The number of nitrogens with two attached hydrogens (primary N) is 1. The van der Waals surface area contributed by atoms with Crippen LogP contribution < -0.4 is 11.1 Å². The molecular formula is C13H16Cl2F3N3O2. The number of likely N-dealkylation sites (N-methyl/N-ethyl adjacent to an activating group) is 1. The van der Waals surface area contributed by atoms with Crippen molar-refractivity contribution in [1.82, 2.24) is 4.90 Å². The van der Waals surface area contributed by atoms with Crippen LogP contribution in [0.1, 0.15) is 12.5 Å². The molecule has 3 N–H and O–H groups in total. The summed E-state index contributed by atoms with van der Waals surface area (Å²) in [5.74, 6) is -1.10. The van der Waals surface area contributed by atoms with E-state index >= 15 is 0 Å². The molecule has 0 bridgehead atoms. The maximum absolute atomic E-state index is 12.7. The Bertz CT molecular complexity index is 580. The summed E-state index contributed by atoms with van der Waals surface area (Å²) in [5.41, 5.74) is 4.27. The molecule has 5 nitrogen and oxygen atoms in total. The van der Waals surface area contributed by atoms with E-state index in [0.717, 1.165) is 17.0 Å². The van der Waals surface area contributed by atoms with Gasteiger partial charge in [0.1, 0.15) is 0 Å². The number of hydrogen-bond donors (Lipinski definition) is 2. The highest BCUT2D eigenvalue weighted by molar-refractivity contribution is 6.31. The van der Waals surface area contributed by atoms with Crippen molar-refractivity contribution in [1.29, 1.82) is 0 Å². The number of nitrogens with zero attached hydrogens (tertiary/aromatic N) is 1. The van der Waals surface area contributed by atoms with Crippen LogP contribution >= 0.6 is 24.0 Å². The number of benzene rings is 1. The van der Waals surface area contributed by atoms with Crippen LogP contribution in [0.2, 0.25) is 5.02 Å². The minimum Gasteiger partial charge on any atom is -0.335 e. The quantitative estimate of drug-likeness (QED) is 0.851. The van der Waals surface area contributed by atoms with Gasteiger partial charge in [-0.15, -0.1) is 12.4 Å². The first-order chi connectivity index (χ1) is 10.0. The van der Waals surface area contributed by atoms with Gasteiger partial charge in [0.15, 0.2) is 0 Å². The average Bonchev–Trinajstić information content (AvgIpc) is 2.38. The molecule has 10 heteroatoms. The maximum atomic E-state index is 12.7. The van der Waals surface area contributed by atoms with Crippen molar-refractivity contribution in [3.63, 3.8) is 0 Å². The maximum Gasteiger partial charge on any atom is 0.417 e. The lowest BCUT2D eigenvalue weighted by Gasteiger charge is -2.19. The van der Waals surface area contributed by atoms with Crippen molar-refractivity contribution in [2.24, 2.45) is 5.73 Å². The van der Waals surface area contributed by atoms with E-state index in [1.807, 2.05) is 0 Å². The number of anilines is 1. The van der Waals surface area contributed by atoms with E-state index in [4.69, 9.17) is 17.3 Å². The van der Waals surface area contributed by atoms with Gasteiger partial charge in [-0.25, -0.2) is 0 Å². The summed E-state index contributed by atoms with van der Waals surface area (Å²) >= 11 is 5.48. The Hall–Kier alpha value is -1.51. The summed E-state index contributed by atoms with van der Waals surface area (Å²) in [4.78, 5) is 24.3. The number of carbonyl (C=O) groups excluding carboxylic acids is 2. The lowest BCUT2D eigenvalue weighted by molar-refractivity contribution is -0.137. The van der Waals surface area contributed by atoms with Crippen LogP contribution in [0.5, 0.6) is 0 Å². The molecule has 0 spiro atoms. The van der Waals surface area contributed by atoms with E-state index in [0.29, 0.717) is 0 Å². The first-order valence-corrected chi connectivity index (χ1v) is 6.57. The Morgan fingerprint density at radius 3 is 2.43 bits per heavy atom. The number of alkyl halides is 3. The molecule has 0 fully saturated rings. The predicted molar refractivity (Wildman–Crippen MR) is 83.6 cm³/mol.